The van der Waals surface area contributed by atoms with E-state index in [1.54, 1.807) is 30.6 Å². The summed E-state index contributed by atoms with van der Waals surface area (Å²) >= 11 is 5.76. The van der Waals surface area contributed by atoms with Crippen molar-refractivity contribution in [1.29, 1.82) is 0 Å². The Hall–Kier alpha value is -1.65. The number of hydrogen-bond acceptors (Lipinski definition) is 4. The lowest BCUT2D eigenvalue weighted by Crippen LogP contribution is -2.03. The Labute approximate surface area is 104 Å². The number of anilines is 1. The van der Waals surface area contributed by atoms with E-state index >= 15 is 0 Å². The first-order valence-corrected chi connectivity index (χ1v) is 5.53. The van der Waals surface area contributed by atoms with Gasteiger partial charge in [-0.1, -0.05) is 11.6 Å². The quantitative estimate of drug-likeness (QED) is 0.816. The molecule has 0 saturated heterocycles. The van der Waals surface area contributed by atoms with Gasteiger partial charge in [0.15, 0.2) is 0 Å². The molecular weight excluding hydrogens is 238 g/mol. The van der Waals surface area contributed by atoms with Crippen molar-refractivity contribution in [2.75, 3.05) is 5.73 Å². The van der Waals surface area contributed by atoms with Crippen molar-refractivity contribution < 1.29 is 5.11 Å². The fourth-order valence-corrected chi connectivity index (χ4v) is 1.77. The molecule has 0 aliphatic rings. The summed E-state index contributed by atoms with van der Waals surface area (Å²) in [5.41, 5.74) is 7.24. The van der Waals surface area contributed by atoms with Crippen LogP contribution in [0.25, 0.3) is 0 Å². The zero-order valence-electron chi connectivity index (χ0n) is 9.05. The van der Waals surface area contributed by atoms with Gasteiger partial charge in [0, 0.05) is 18.8 Å². The van der Waals surface area contributed by atoms with Crippen molar-refractivity contribution in [2.24, 2.45) is 0 Å². The van der Waals surface area contributed by atoms with Crippen LogP contribution in [-0.4, -0.2) is 15.1 Å². The van der Waals surface area contributed by atoms with Gasteiger partial charge in [0.2, 0.25) is 0 Å². The van der Waals surface area contributed by atoms with Crippen LogP contribution in [0.15, 0.2) is 36.7 Å². The Morgan fingerprint density at radius 3 is 2.71 bits per heavy atom. The summed E-state index contributed by atoms with van der Waals surface area (Å²) in [7, 11) is 0. The summed E-state index contributed by atoms with van der Waals surface area (Å²) in [6, 6.07) is 6.95. The van der Waals surface area contributed by atoms with Gasteiger partial charge in [-0.25, -0.2) is 9.97 Å². The van der Waals surface area contributed by atoms with Gasteiger partial charge in [-0.15, -0.1) is 0 Å². The lowest BCUT2D eigenvalue weighted by molar-refractivity contribution is 0.178. The van der Waals surface area contributed by atoms with Crippen LogP contribution in [0.1, 0.15) is 17.2 Å². The molecule has 2 aromatic rings. The van der Waals surface area contributed by atoms with E-state index in [1.165, 1.54) is 0 Å². The number of nitrogens with two attached hydrogens (primary N) is 1. The van der Waals surface area contributed by atoms with E-state index in [4.69, 9.17) is 17.3 Å². The molecule has 88 valence electrons. The molecule has 0 aliphatic carbocycles. The highest BCUT2D eigenvalue weighted by molar-refractivity contribution is 6.29. The summed E-state index contributed by atoms with van der Waals surface area (Å²) < 4.78 is 0. The van der Waals surface area contributed by atoms with E-state index < -0.39 is 6.10 Å². The summed E-state index contributed by atoms with van der Waals surface area (Å²) in [5, 5.41) is 10.4. The van der Waals surface area contributed by atoms with Crippen molar-refractivity contribution in [1.82, 2.24) is 9.97 Å². The predicted octanol–water partition coefficient (Wildman–Crippen LogP) is 1.99. The number of hydrogen-bond donors (Lipinski definition) is 2. The maximum atomic E-state index is 10.0. The minimum Gasteiger partial charge on any atom is -0.388 e. The van der Waals surface area contributed by atoms with Crippen LogP contribution in [0.2, 0.25) is 5.15 Å². The van der Waals surface area contributed by atoms with E-state index in [9.17, 15) is 5.11 Å². The van der Waals surface area contributed by atoms with Gasteiger partial charge < -0.3 is 10.8 Å². The van der Waals surface area contributed by atoms with Crippen LogP contribution >= 0.6 is 11.6 Å². The molecule has 0 fully saturated rings. The minimum atomic E-state index is -0.628. The van der Waals surface area contributed by atoms with Crippen LogP contribution in [0, 0.1) is 0 Å². The van der Waals surface area contributed by atoms with Crippen LogP contribution in [-0.2, 0) is 6.42 Å². The lowest BCUT2D eigenvalue weighted by atomic mass is 10.0. The molecule has 2 rings (SSSR count). The van der Waals surface area contributed by atoms with E-state index in [0.717, 1.165) is 11.1 Å². The molecule has 0 bridgehead atoms. The largest absolute Gasteiger partial charge is 0.388 e. The molecule has 0 aliphatic heterocycles. The first kappa shape index (κ1) is 11.8. The van der Waals surface area contributed by atoms with Crippen molar-refractivity contribution in [3.8, 4) is 0 Å². The zero-order valence-corrected chi connectivity index (χ0v) is 9.80. The van der Waals surface area contributed by atoms with Crippen molar-refractivity contribution in [2.45, 2.75) is 12.5 Å². The number of nitrogens with zero attached hydrogens (tertiary/aromatic N) is 2. The maximum Gasteiger partial charge on any atom is 0.129 e. The van der Waals surface area contributed by atoms with Crippen molar-refractivity contribution >= 4 is 17.4 Å². The molecular formula is C12H12ClN3O. The van der Waals surface area contributed by atoms with Gasteiger partial charge in [-0.3, -0.25) is 0 Å². The second-order valence-electron chi connectivity index (χ2n) is 3.72. The van der Waals surface area contributed by atoms with E-state index in [1.807, 2.05) is 6.07 Å². The number of aliphatic hydroxyl groups is 1. The van der Waals surface area contributed by atoms with Crippen molar-refractivity contribution in [3.63, 3.8) is 0 Å². The van der Waals surface area contributed by atoms with Crippen LogP contribution in [0.3, 0.4) is 0 Å². The zero-order chi connectivity index (χ0) is 12.3. The molecule has 2 aromatic heterocycles. The second-order valence-corrected chi connectivity index (χ2v) is 4.11. The Balaban J connectivity index is 2.14. The molecule has 0 saturated carbocycles. The maximum absolute atomic E-state index is 10.0. The minimum absolute atomic E-state index is 0.371. The molecule has 0 amide bonds. The average molecular weight is 250 g/mol. The molecule has 1 unspecified atom stereocenters. The summed E-state index contributed by atoms with van der Waals surface area (Å²) in [6.45, 7) is 0. The highest BCUT2D eigenvalue weighted by Gasteiger charge is 2.09. The fraction of sp³-hybridized carbons (Fsp3) is 0.167. The highest BCUT2D eigenvalue weighted by atomic mass is 35.5. The Morgan fingerprint density at radius 1 is 1.24 bits per heavy atom. The topological polar surface area (TPSA) is 72.0 Å². The van der Waals surface area contributed by atoms with Gasteiger partial charge >= 0.3 is 0 Å². The third-order valence-electron chi connectivity index (χ3n) is 2.41. The Morgan fingerprint density at radius 2 is 2.00 bits per heavy atom. The molecule has 3 N–H and O–H groups in total. The normalized spacial score (nSPS) is 12.4. The SMILES string of the molecule is Nc1cc(CC(O)c2ccnc(Cl)c2)ccn1. The van der Waals surface area contributed by atoms with Gasteiger partial charge in [0.05, 0.1) is 6.10 Å². The van der Waals surface area contributed by atoms with Gasteiger partial charge in [-0.05, 0) is 35.4 Å². The molecule has 0 radical (unpaired) electrons. The number of pyridine rings is 2. The summed E-state index contributed by atoms with van der Waals surface area (Å²) in [4.78, 5) is 7.77. The first-order chi connectivity index (χ1) is 8.15. The second kappa shape index (κ2) is 5.12. The Kier molecular flexibility index (Phi) is 3.56. The molecule has 2 heterocycles. The van der Waals surface area contributed by atoms with E-state index in [0.29, 0.717) is 17.4 Å². The molecule has 0 spiro atoms. The first-order valence-electron chi connectivity index (χ1n) is 5.15. The molecule has 4 nitrogen and oxygen atoms in total. The molecule has 1 atom stereocenters. The monoisotopic (exact) mass is 249 g/mol. The third-order valence-corrected chi connectivity index (χ3v) is 2.62. The van der Waals surface area contributed by atoms with Gasteiger partial charge in [0.25, 0.3) is 0 Å². The standard InChI is InChI=1S/C12H12ClN3O/c13-11-7-9(2-4-15-11)10(17)5-8-1-3-16-12(14)6-8/h1-4,6-7,10,17H,5H2,(H2,14,16). The summed E-state index contributed by atoms with van der Waals surface area (Å²) in [5.74, 6) is 0.447. The van der Waals surface area contributed by atoms with E-state index in [-0.39, 0.29) is 0 Å². The van der Waals surface area contributed by atoms with Crippen LogP contribution in [0.5, 0.6) is 0 Å². The fourth-order valence-electron chi connectivity index (χ4n) is 1.59. The number of aromatic nitrogens is 2. The van der Waals surface area contributed by atoms with Crippen LogP contribution in [0.4, 0.5) is 5.82 Å². The van der Waals surface area contributed by atoms with Gasteiger partial charge in [0.1, 0.15) is 11.0 Å². The molecule has 0 aromatic carbocycles. The number of aliphatic hydroxyl groups excluding tert-OH is 1. The lowest BCUT2D eigenvalue weighted by Gasteiger charge is -2.11. The highest BCUT2D eigenvalue weighted by Crippen LogP contribution is 2.20. The third kappa shape index (κ3) is 3.15. The smallest absolute Gasteiger partial charge is 0.129 e. The predicted molar refractivity (Wildman–Crippen MR) is 66.6 cm³/mol. The van der Waals surface area contributed by atoms with E-state index in [2.05, 4.69) is 9.97 Å². The van der Waals surface area contributed by atoms with Crippen LogP contribution < -0.4 is 5.73 Å². The number of halogens is 1. The number of rotatable bonds is 3. The summed E-state index contributed by atoms with van der Waals surface area (Å²) in [6.07, 6.45) is 3.03. The van der Waals surface area contributed by atoms with Crippen molar-refractivity contribution in [3.05, 3.63) is 52.9 Å². The molecule has 17 heavy (non-hydrogen) atoms. The Bertz CT molecular complexity index is 519. The average Bonchev–Trinajstić information content (AvgIpc) is 2.29. The van der Waals surface area contributed by atoms with Gasteiger partial charge in [-0.2, -0.15) is 0 Å². The number of nitrogen functional groups attached to an aromatic ring is 1. The molecule has 5 heteroatoms.